The molecule has 4 heteroatoms. The summed E-state index contributed by atoms with van der Waals surface area (Å²) in [6.07, 6.45) is 7.78. The van der Waals surface area contributed by atoms with Crippen molar-refractivity contribution in [2.75, 3.05) is 18.1 Å². The van der Waals surface area contributed by atoms with E-state index in [2.05, 4.69) is 45.0 Å². The zero-order valence-corrected chi connectivity index (χ0v) is 18.5. The van der Waals surface area contributed by atoms with Crippen LogP contribution in [0.25, 0.3) is 0 Å². The van der Waals surface area contributed by atoms with Crippen LogP contribution in [-0.2, 0) is 25.2 Å². The van der Waals surface area contributed by atoms with Gasteiger partial charge in [-0.25, -0.2) is 4.79 Å². The van der Waals surface area contributed by atoms with Crippen molar-refractivity contribution in [2.24, 2.45) is 5.92 Å². The van der Waals surface area contributed by atoms with Crippen molar-refractivity contribution in [3.8, 4) is 0 Å². The highest BCUT2D eigenvalue weighted by Gasteiger charge is 2.50. The highest BCUT2D eigenvalue weighted by Crippen LogP contribution is 2.56. The number of amides is 1. The molecule has 0 spiro atoms. The van der Waals surface area contributed by atoms with Crippen molar-refractivity contribution in [2.45, 2.75) is 65.2 Å². The first kappa shape index (κ1) is 21.4. The summed E-state index contributed by atoms with van der Waals surface area (Å²) in [4.78, 5) is 25.7. The number of rotatable bonds is 5. The van der Waals surface area contributed by atoms with Crippen LogP contribution in [-0.4, -0.2) is 25.0 Å². The Morgan fingerprint density at radius 1 is 1.24 bits per heavy atom. The molecule has 1 aromatic rings. The summed E-state index contributed by atoms with van der Waals surface area (Å²) in [5.74, 6) is 0.235. The molecule has 0 bridgehead atoms. The zero-order valence-electron chi connectivity index (χ0n) is 18.5. The second-order valence-corrected chi connectivity index (χ2v) is 9.26. The molecule has 0 saturated heterocycles. The number of hydrogen-bond acceptors (Lipinski definition) is 3. The van der Waals surface area contributed by atoms with Crippen LogP contribution < -0.4 is 4.90 Å². The van der Waals surface area contributed by atoms with Gasteiger partial charge in [0.2, 0.25) is 5.91 Å². The first-order chi connectivity index (χ1) is 13.6. The fraction of sp³-hybridized carbons (Fsp3) is 0.520. The Labute approximate surface area is 174 Å². The Bertz CT molecular complexity index is 880. The van der Waals surface area contributed by atoms with Crippen LogP contribution in [0.1, 0.15) is 65.5 Å². The van der Waals surface area contributed by atoms with E-state index >= 15 is 0 Å². The monoisotopic (exact) mass is 395 g/mol. The smallest absolute Gasteiger partial charge is 0.330 e. The van der Waals surface area contributed by atoms with Crippen LogP contribution in [0.5, 0.6) is 0 Å². The molecule has 4 nitrogen and oxygen atoms in total. The van der Waals surface area contributed by atoms with Crippen LogP contribution >= 0.6 is 0 Å². The Hall–Kier alpha value is -2.36. The quantitative estimate of drug-likeness (QED) is 0.397. The molecule has 1 saturated carbocycles. The summed E-state index contributed by atoms with van der Waals surface area (Å²) in [7, 11) is 0. The van der Waals surface area contributed by atoms with Gasteiger partial charge >= 0.3 is 5.97 Å². The molecule has 1 aliphatic heterocycles. The maximum atomic E-state index is 12.2. The summed E-state index contributed by atoms with van der Waals surface area (Å²) in [5, 5.41) is 0. The lowest BCUT2D eigenvalue weighted by Gasteiger charge is -2.39. The van der Waals surface area contributed by atoms with Crippen LogP contribution in [0.2, 0.25) is 0 Å². The van der Waals surface area contributed by atoms with Crippen LogP contribution in [0.4, 0.5) is 5.69 Å². The van der Waals surface area contributed by atoms with Gasteiger partial charge in [0.15, 0.2) is 0 Å². The average molecular weight is 396 g/mol. The molecule has 2 aliphatic rings. The Balaban J connectivity index is 1.82. The molecular formula is C25H33NO3. The molecular weight excluding hydrogens is 362 g/mol. The average Bonchev–Trinajstić information content (AvgIpc) is 3.31. The fourth-order valence-electron chi connectivity index (χ4n) is 4.35. The predicted octanol–water partition coefficient (Wildman–Crippen LogP) is 5.06. The summed E-state index contributed by atoms with van der Waals surface area (Å²) >= 11 is 0. The Morgan fingerprint density at radius 2 is 1.97 bits per heavy atom. The van der Waals surface area contributed by atoms with Crippen LogP contribution in [0.3, 0.4) is 0 Å². The van der Waals surface area contributed by atoms with Crippen molar-refractivity contribution in [1.29, 1.82) is 0 Å². The normalized spacial score (nSPS) is 25.7. The highest BCUT2D eigenvalue weighted by atomic mass is 16.5. The first-order valence-corrected chi connectivity index (χ1v) is 10.5. The van der Waals surface area contributed by atoms with E-state index in [1.54, 1.807) is 13.8 Å². The number of nitrogens with zero attached hydrogens (tertiary/aromatic N) is 1. The van der Waals surface area contributed by atoms with E-state index in [4.69, 9.17) is 4.74 Å². The molecule has 1 aliphatic carbocycles. The molecule has 0 N–H and O–H groups in total. The van der Waals surface area contributed by atoms with Gasteiger partial charge in [0.25, 0.3) is 0 Å². The van der Waals surface area contributed by atoms with E-state index < -0.39 is 0 Å². The molecule has 1 amide bonds. The van der Waals surface area contributed by atoms with Crippen molar-refractivity contribution in [1.82, 2.24) is 0 Å². The molecule has 1 heterocycles. The van der Waals surface area contributed by atoms with Crippen LogP contribution in [0.15, 0.2) is 42.0 Å². The van der Waals surface area contributed by atoms with Crippen molar-refractivity contribution in [3.05, 3.63) is 53.1 Å². The number of benzene rings is 1. The second kappa shape index (κ2) is 7.81. The molecule has 1 fully saturated rings. The summed E-state index contributed by atoms with van der Waals surface area (Å²) in [6.45, 7) is 13.3. The number of hydrogen-bond donors (Lipinski definition) is 0. The van der Waals surface area contributed by atoms with Crippen molar-refractivity contribution in [3.63, 3.8) is 0 Å². The van der Waals surface area contributed by atoms with Gasteiger partial charge in [-0.05, 0) is 66.2 Å². The third kappa shape index (κ3) is 4.31. The van der Waals surface area contributed by atoms with E-state index in [9.17, 15) is 9.59 Å². The number of ether oxygens (including phenoxy) is 1. The third-order valence-electron chi connectivity index (χ3n) is 6.54. The van der Waals surface area contributed by atoms with E-state index in [-0.39, 0.29) is 22.7 Å². The molecule has 2 atom stereocenters. The fourth-order valence-corrected chi connectivity index (χ4v) is 4.35. The van der Waals surface area contributed by atoms with E-state index in [0.717, 1.165) is 30.6 Å². The zero-order chi connectivity index (χ0) is 21.4. The van der Waals surface area contributed by atoms with Gasteiger partial charge < -0.3 is 9.64 Å². The standard InChI is InChI=1S/C25H33NO3/c1-7-29-23(28)14-17(2)8-9-20-16-25(20,6)19-10-11-21-22(15-19)26(18(3)27)13-12-24(21,4)5/h8-11,14-15,20H,7,12-13,16H2,1-6H3/b9-8+,17-14+/t20-,25-/m1/s1. The lowest BCUT2D eigenvalue weighted by atomic mass is 9.76. The summed E-state index contributed by atoms with van der Waals surface area (Å²) in [5.41, 5.74) is 4.65. The van der Waals surface area contributed by atoms with Gasteiger partial charge in [0, 0.05) is 25.2 Å². The van der Waals surface area contributed by atoms with Crippen molar-refractivity contribution >= 4 is 17.6 Å². The minimum atomic E-state index is -0.296. The number of carbonyl (C=O) groups excluding carboxylic acids is 2. The Morgan fingerprint density at radius 3 is 2.62 bits per heavy atom. The SMILES string of the molecule is CCOC(=O)/C=C(C)/C=C/[C@@H]1C[C@]1(C)c1ccc2c(c1)N(C(C)=O)CCC2(C)C. The van der Waals surface area contributed by atoms with Gasteiger partial charge in [-0.3, -0.25) is 4.79 Å². The predicted molar refractivity (Wildman–Crippen MR) is 117 cm³/mol. The summed E-state index contributed by atoms with van der Waals surface area (Å²) in [6, 6.07) is 6.68. The second-order valence-electron chi connectivity index (χ2n) is 9.26. The van der Waals surface area contributed by atoms with Gasteiger partial charge in [0.05, 0.1) is 6.61 Å². The molecule has 29 heavy (non-hydrogen) atoms. The molecule has 1 aromatic carbocycles. The van der Waals surface area contributed by atoms with E-state index in [0.29, 0.717) is 12.5 Å². The largest absolute Gasteiger partial charge is 0.463 e. The van der Waals surface area contributed by atoms with E-state index in [1.807, 2.05) is 17.9 Å². The molecule has 0 unspecified atom stereocenters. The van der Waals surface area contributed by atoms with Gasteiger partial charge in [-0.1, -0.05) is 45.1 Å². The lowest BCUT2D eigenvalue weighted by molar-refractivity contribution is -0.137. The number of esters is 1. The van der Waals surface area contributed by atoms with Gasteiger partial charge in [-0.2, -0.15) is 0 Å². The number of anilines is 1. The highest BCUT2D eigenvalue weighted by molar-refractivity contribution is 5.93. The molecule has 0 aromatic heterocycles. The molecule has 3 rings (SSSR count). The van der Waals surface area contributed by atoms with Crippen molar-refractivity contribution < 1.29 is 14.3 Å². The maximum Gasteiger partial charge on any atom is 0.330 e. The number of carbonyl (C=O) groups is 2. The van der Waals surface area contributed by atoms with Gasteiger partial charge in [-0.15, -0.1) is 0 Å². The molecule has 156 valence electrons. The number of allylic oxidation sites excluding steroid dienone is 3. The number of fused-ring (bicyclic) bond motifs is 1. The minimum Gasteiger partial charge on any atom is -0.463 e. The molecule has 0 radical (unpaired) electrons. The minimum absolute atomic E-state index is 0.0692. The van der Waals surface area contributed by atoms with Gasteiger partial charge in [0.1, 0.15) is 0 Å². The summed E-state index contributed by atoms with van der Waals surface area (Å²) < 4.78 is 4.96. The third-order valence-corrected chi connectivity index (χ3v) is 6.54. The topological polar surface area (TPSA) is 46.6 Å². The van der Waals surface area contributed by atoms with Crippen LogP contribution in [0, 0.1) is 5.92 Å². The van der Waals surface area contributed by atoms with E-state index in [1.165, 1.54) is 17.2 Å². The lowest BCUT2D eigenvalue weighted by Crippen LogP contribution is -2.40. The maximum absolute atomic E-state index is 12.2. The first-order valence-electron chi connectivity index (χ1n) is 10.5. The Kier molecular flexibility index (Phi) is 5.75.